The lowest BCUT2D eigenvalue weighted by Crippen LogP contribution is -2.28. The molecule has 11 heteroatoms. The fourth-order valence-corrected chi connectivity index (χ4v) is 5.20. The molecule has 32 heavy (non-hydrogen) atoms. The fourth-order valence-electron chi connectivity index (χ4n) is 3.19. The van der Waals surface area contributed by atoms with E-state index < -0.39 is 28.5 Å². The largest absolute Gasteiger partial charge is 0.497 e. The molecule has 9 nitrogen and oxygen atoms in total. The summed E-state index contributed by atoms with van der Waals surface area (Å²) in [6.07, 6.45) is 1.54. The number of hydrogen-bond donors (Lipinski definition) is 1. The monoisotopic (exact) mass is 482 g/mol. The third-order valence-electron chi connectivity index (χ3n) is 4.82. The Hall–Kier alpha value is -2.82. The molecule has 2 aromatic rings. The van der Waals surface area contributed by atoms with Crippen LogP contribution in [0.3, 0.4) is 0 Å². The maximum Gasteiger partial charge on any atom is 0.338 e. The quantitative estimate of drug-likeness (QED) is 0.576. The summed E-state index contributed by atoms with van der Waals surface area (Å²) in [4.78, 5) is 24.5. The SMILES string of the molecule is COc1cc(NC(=O)COC(=O)c2ccc(Cl)c(S(=O)(=O)N3CCCC3)c2)cc(OC)c1. The van der Waals surface area contributed by atoms with Gasteiger partial charge in [0.2, 0.25) is 10.0 Å². The molecule has 0 radical (unpaired) electrons. The average Bonchev–Trinajstić information content (AvgIpc) is 3.33. The van der Waals surface area contributed by atoms with Gasteiger partial charge in [-0.15, -0.1) is 0 Å². The van der Waals surface area contributed by atoms with E-state index in [1.165, 1.54) is 36.7 Å². The average molecular weight is 483 g/mol. The van der Waals surface area contributed by atoms with Crippen LogP contribution < -0.4 is 14.8 Å². The Morgan fingerprint density at radius 2 is 1.66 bits per heavy atom. The molecule has 1 aliphatic rings. The highest BCUT2D eigenvalue weighted by Gasteiger charge is 2.30. The van der Waals surface area contributed by atoms with Gasteiger partial charge < -0.3 is 19.5 Å². The number of nitrogens with one attached hydrogen (secondary N) is 1. The maximum absolute atomic E-state index is 12.8. The normalized spacial score (nSPS) is 14.1. The molecule has 2 aromatic carbocycles. The number of rotatable bonds is 8. The highest BCUT2D eigenvalue weighted by Crippen LogP contribution is 2.28. The van der Waals surface area contributed by atoms with Crippen molar-refractivity contribution in [2.75, 3.05) is 39.2 Å². The minimum atomic E-state index is -3.82. The predicted molar refractivity (Wildman–Crippen MR) is 118 cm³/mol. The van der Waals surface area contributed by atoms with E-state index in [0.717, 1.165) is 12.8 Å². The number of anilines is 1. The van der Waals surface area contributed by atoms with Crippen LogP contribution in [0.25, 0.3) is 0 Å². The summed E-state index contributed by atoms with van der Waals surface area (Å²) in [6, 6.07) is 8.64. The van der Waals surface area contributed by atoms with Gasteiger partial charge in [-0.05, 0) is 31.0 Å². The number of nitrogens with zero attached hydrogens (tertiary/aromatic N) is 1. The number of amides is 1. The van der Waals surface area contributed by atoms with Crippen molar-refractivity contribution in [3.05, 3.63) is 47.0 Å². The van der Waals surface area contributed by atoms with Crippen molar-refractivity contribution in [3.63, 3.8) is 0 Å². The molecular weight excluding hydrogens is 460 g/mol. The molecule has 1 fully saturated rings. The molecule has 1 saturated heterocycles. The van der Waals surface area contributed by atoms with Crippen LogP contribution >= 0.6 is 11.6 Å². The van der Waals surface area contributed by atoms with Gasteiger partial charge in [0.05, 0.1) is 24.8 Å². The Kier molecular flexibility index (Phi) is 7.60. The van der Waals surface area contributed by atoms with E-state index >= 15 is 0 Å². The Bertz CT molecular complexity index is 1090. The first-order chi connectivity index (χ1) is 15.2. The number of carbonyl (C=O) groups is 2. The number of ether oxygens (including phenoxy) is 3. The Labute approximate surface area is 191 Å². The summed E-state index contributed by atoms with van der Waals surface area (Å²) in [6.45, 7) is 0.236. The van der Waals surface area contributed by atoms with Gasteiger partial charge in [-0.3, -0.25) is 4.79 Å². The second-order valence-electron chi connectivity index (χ2n) is 6.98. The number of sulfonamides is 1. The molecule has 1 heterocycles. The van der Waals surface area contributed by atoms with Gasteiger partial charge in [0.1, 0.15) is 16.4 Å². The zero-order valence-corrected chi connectivity index (χ0v) is 19.2. The van der Waals surface area contributed by atoms with Crippen molar-refractivity contribution in [1.29, 1.82) is 0 Å². The molecule has 1 amide bonds. The van der Waals surface area contributed by atoms with Gasteiger partial charge in [0.15, 0.2) is 6.61 Å². The van der Waals surface area contributed by atoms with Crippen LogP contribution in [-0.4, -0.2) is 58.5 Å². The molecule has 0 spiro atoms. The van der Waals surface area contributed by atoms with Crippen molar-refractivity contribution >= 4 is 39.2 Å². The van der Waals surface area contributed by atoms with Crippen LogP contribution in [-0.2, 0) is 19.6 Å². The van der Waals surface area contributed by atoms with E-state index in [1.54, 1.807) is 18.2 Å². The third-order valence-corrected chi connectivity index (χ3v) is 7.20. The lowest BCUT2D eigenvalue weighted by Gasteiger charge is -2.17. The third kappa shape index (κ3) is 5.50. The number of halogens is 1. The van der Waals surface area contributed by atoms with Crippen molar-refractivity contribution in [2.45, 2.75) is 17.7 Å². The van der Waals surface area contributed by atoms with Gasteiger partial charge in [-0.1, -0.05) is 11.6 Å². The van der Waals surface area contributed by atoms with Gasteiger partial charge in [0.25, 0.3) is 5.91 Å². The first-order valence-electron chi connectivity index (χ1n) is 9.74. The van der Waals surface area contributed by atoms with E-state index in [0.29, 0.717) is 30.3 Å². The van der Waals surface area contributed by atoms with Crippen molar-refractivity contribution < 1.29 is 32.2 Å². The summed E-state index contributed by atoms with van der Waals surface area (Å²) in [5.74, 6) is -0.487. The molecule has 172 valence electrons. The topological polar surface area (TPSA) is 111 Å². The van der Waals surface area contributed by atoms with Gasteiger partial charge >= 0.3 is 5.97 Å². The number of hydrogen-bond acceptors (Lipinski definition) is 7. The summed E-state index contributed by atoms with van der Waals surface area (Å²) in [5, 5.41) is 2.59. The first-order valence-corrected chi connectivity index (χ1v) is 11.6. The molecule has 1 N–H and O–H groups in total. The molecule has 0 bridgehead atoms. The van der Waals surface area contributed by atoms with E-state index in [9.17, 15) is 18.0 Å². The maximum atomic E-state index is 12.8. The minimum absolute atomic E-state index is 0.0122. The van der Waals surface area contributed by atoms with Gasteiger partial charge in [0, 0.05) is 37.0 Å². The Morgan fingerprint density at radius 1 is 1.03 bits per heavy atom. The Balaban J connectivity index is 1.67. The summed E-state index contributed by atoms with van der Waals surface area (Å²) in [7, 11) is -0.863. The lowest BCUT2D eigenvalue weighted by atomic mass is 10.2. The van der Waals surface area contributed by atoms with Crippen LogP contribution in [0.1, 0.15) is 23.2 Å². The predicted octanol–water partition coefficient (Wildman–Crippen LogP) is 2.94. The fraction of sp³-hybridized carbons (Fsp3) is 0.333. The van der Waals surface area contributed by atoms with Crippen molar-refractivity contribution in [2.24, 2.45) is 0 Å². The zero-order valence-electron chi connectivity index (χ0n) is 17.6. The first kappa shape index (κ1) is 23.8. The lowest BCUT2D eigenvalue weighted by molar-refractivity contribution is -0.119. The minimum Gasteiger partial charge on any atom is -0.497 e. The zero-order chi connectivity index (χ0) is 23.3. The van der Waals surface area contributed by atoms with Crippen molar-refractivity contribution in [3.8, 4) is 11.5 Å². The second-order valence-corrected chi connectivity index (χ2v) is 9.30. The molecular formula is C21H23ClN2O7S. The van der Waals surface area contributed by atoms with Gasteiger partial charge in [-0.2, -0.15) is 4.31 Å². The number of methoxy groups -OCH3 is 2. The summed E-state index contributed by atoms with van der Waals surface area (Å²) < 4.78 is 42.3. The molecule has 0 unspecified atom stereocenters. The van der Waals surface area contributed by atoms with E-state index in [2.05, 4.69) is 5.32 Å². The summed E-state index contributed by atoms with van der Waals surface area (Å²) >= 11 is 6.09. The van der Waals surface area contributed by atoms with Crippen LogP contribution in [0.5, 0.6) is 11.5 Å². The molecule has 0 saturated carbocycles. The molecule has 0 atom stereocenters. The smallest absolute Gasteiger partial charge is 0.338 e. The van der Waals surface area contributed by atoms with Crippen molar-refractivity contribution in [1.82, 2.24) is 4.31 Å². The van der Waals surface area contributed by atoms with E-state index in [4.69, 9.17) is 25.8 Å². The second kappa shape index (κ2) is 10.2. The molecule has 3 rings (SSSR count). The standard InChI is InChI=1S/C21H23ClN2O7S/c1-29-16-10-15(11-17(12-16)30-2)23-20(25)13-31-21(26)14-5-6-18(22)19(9-14)32(27,28)24-7-3-4-8-24/h5-6,9-12H,3-4,7-8,13H2,1-2H3,(H,23,25). The Morgan fingerprint density at radius 3 is 2.25 bits per heavy atom. The van der Waals surface area contributed by atoms with Crippen LogP contribution in [0.2, 0.25) is 5.02 Å². The van der Waals surface area contributed by atoms with Gasteiger partial charge in [-0.25, -0.2) is 13.2 Å². The molecule has 0 aliphatic carbocycles. The van der Waals surface area contributed by atoms with Crippen LogP contribution in [0.15, 0.2) is 41.3 Å². The van der Waals surface area contributed by atoms with Crippen LogP contribution in [0.4, 0.5) is 5.69 Å². The molecule has 1 aliphatic heterocycles. The van der Waals surface area contributed by atoms with Crippen LogP contribution in [0, 0.1) is 0 Å². The number of carbonyl (C=O) groups excluding carboxylic acids is 2. The number of benzene rings is 2. The summed E-state index contributed by atoms with van der Waals surface area (Å²) in [5.41, 5.74) is 0.371. The van der Waals surface area contributed by atoms with E-state index in [1.807, 2.05) is 0 Å². The number of esters is 1. The molecule has 0 aromatic heterocycles. The van der Waals surface area contributed by atoms with E-state index in [-0.39, 0.29) is 15.5 Å². The highest BCUT2D eigenvalue weighted by molar-refractivity contribution is 7.89. The highest BCUT2D eigenvalue weighted by atomic mass is 35.5.